The van der Waals surface area contributed by atoms with E-state index in [1.165, 1.54) is 0 Å². The SMILES string of the molecule is CC(=O)Cc1cccc2nnn(C(C)C)c12. The van der Waals surface area contributed by atoms with Crippen LogP contribution in [0.4, 0.5) is 0 Å². The van der Waals surface area contributed by atoms with Crippen molar-refractivity contribution in [2.24, 2.45) is 0 Å². The maximum Gasteiger partial charge on any atom is 0.134 e. The number of benzene rings is 1. The first kappa shape index (κ1) is 10.8. The molecule has 0 amide bonds. The van der Waals surface area contributed by atoms with Gasteiger partial charge in [0, 0.05) is 12.5 Å². The predicted molar refractivity (Wildman–Crippen MR) is 62.3 cm³/mol. The highest BCUT2D eigenvalue weighted by molar-refractivity contribution is 5.85. The molecule has 0 aliphatic rings. The van der Waals surface area contributed by atoms with E-state index in [-0.39, 0.29) is 11.8 Å². The predicted octanol–water partition coefficient (Wildman–Crippen LogP) is 2.14. The summed E-state index contributed by atoms with van der Waals surface area (Å²) in [6, 6.07) is 6.05. The molecule has 0 bridgehead atoms. The third-order valence-corrected chi connectivity index (χ3v) is 2.50. The first-order chi connectivity index (χ1) is 7.59. The van der Waals surface area contributed by atoms with Crippen molar-refractivity contribution in [2.75, 3.05) is 0 Å². The van der Waals surface area contributed by atoms with Crippen LogP contribution in [0.2, 0.25) is 0 Å². The summed E-state index contributed by atoms with van der Waals surface area (Å²) in [5.74, 6) is 0.156. The lowest BCUT2D eigenvalue weighted by atomic mass is 10.1. The molecule has 0 fully saturated rings. The van der Waals surface area contributed by atoms with Crippen LogP contribution in [-0.4, -0.2) is 20.8 Å². The van der Waals surface area contributed by atoms with Crippen LogP contribution in [0.1, 0.15) is 32.4 Å². The van der Waals surface area contributed by atoms with E-state index >= 15 is 0 Å². The molecule has 84 valence electrons. The summed E-state index contributed by atoms with van der Waals surface area (Å²) in [7, 11) is 0. The van der Waals surface area contributed by atoms with Gasteiger partial charge in [-0.2, -0.15) is 0 Å². The topological polar surface area (TPSA) is 47.8 Å². The van der Waals surface area contributed by atoms with Crippen molar-refractivity contribution in [2.45, 2.75) is 33.2 Å². The van der Waals surface area contributed by atoms with Crippen molar-refractivity contribution in [3.05, 3.63) is 23.8 Å². The number of nitrogens with zero attached hydrogens (tertiary/aromatic N) is 3. The molecule has 1 aromatic carbocycles. The largest absolute Gasteiger partial charge is 0.300 e. The molecule has 4 nitrogen and oxygen atoms in total. The normalized spacial score (nSPS) is 11.2. The zero-order chi connectivity index (χ0) is 11.7. The average molecular weight is 217 g/mol. The molecule has 4 heteroatoms. The summed E-state index contributed by atoms with van der Waals surface area (Å²) < 4.78 is 1.87. The fraction of sp³-hybridized carbons (Fsp3) is 0.417. The number of hydrogen-bond acceptors (Lipinski definition) is 3. The molecule has 0 saturated carbocycles. The number of rotatable bonds is 3. The molecule has 0 saturated heterocycles. The number of aromatic nitrogens is 3. The highest BCUT2D eigenvalue weighted by atomic mass is 16.1. The molecule has 2 rings (SSSR count). The third kappa shape index (κ3) is 1.83. The standard InChI is InChI=1S/C12H15N3O/c1-8(2)15-12-10(7-9(3)16)5-4-6-11(12)13-14-15/h4-6,8H,7H2,1-3H3. The number of ketones is 1. The van der Waals surface area contributed by atoms with Crippen LogP contribution in [-0.2, 0) is 11.2 Å². The van der Waals surface area contributed by atoms with E-state index in [0.717, 1.165) is 16.6 Å². The minimum absolute atomic E-state index is 0.156. The lowest BCUT2D eigenvalue weighted by Gasteiger charge is -2.08. The molecule has 0 aliphatic carbocycles. The first-order valence-corrected chi connectivity index (χ1v) is 5.42. The molecular formula is C12H15N3O. The van der Waals surface area contributed by atoms with Gasteiger partial charge in [0.1, 0.15) is 11.3 Å². The third-order valence-electron chi connectivity index (χ3n) is 2.50. The maximum absolute atomic E-state index is 11.2. The van der Waals surface area contributed by atoms with Gasteiger partial charge in [0.2, 0.25) is 0 Å². The van der Waals surface area contributed by atoms with Crippen molar-refractivity contribution < 1.29 is 4.79 Å². The summed E-state index contributed by atoms with van der Waals surface area (Å²) in [5, 5.41) is 8.23. The first-order valence-electron chi connectivity index (χ1n) is 5.42. The molecule has 0 N–H and O–H groups in total. The molecule has 1 heterocycles. The zero-order valence-electron chi connectivity index (χ0n) is 9.77. The molecule has 16 heavy (non-hydrogen) atoms. The summed E-state index contributed by atoms with van der Waals surface area (Å²) in [6.45, 7) is 5.71. The van der Waals surface area contributed by atoms with Crippen LogP contribution in [0.3, 0.4) is 0 Å². The van der Waals surface area contributed by atoms with Crippen molar-refractivity contribution in [1.29, 1.82) is 0 Å². The van der Waals surface area contributed by atoms with E-state index in [4.69, 9.17) is 0 Å². The second-order valence-corrected chi connectivity index (χ2v) is 4.29. The van der Waals surface area contributed by atoms with Crippen molar-refractivity contribution in [3.63, 3.8) is 0 Å². The van der Waals surface area contributed by atoms with Gasteiger partial charge in [-0.05, 0) is 32.4 Å². The van der Waals surface area contributed by atoms with Gasteiger partial charge >= 0.3 is 0 Å². The number of hydrogen-bond donors (Lipinski definition) is 0. The molecular weight excluding hydrogens is 202 g/mol. The molecule has 0 aliphatic heterocycles. The molecule has 0 atom stereocenters. The Morgan fingerprint density at radius 1 is 1.44 bits per heavy atom. The molecule has 0 unspecified atom stereocenters. The van der Waals surface area contributed by atoms with Crippen LogP contribution < -0.4 is 0 Å². The van der Waals surface area contributed by atoms with E-state index in [9.17, 15) is 4.79 Å². The molecule has 1 aromatic heterocycles. The van der Waals surface area contributed by atoms with Crippen LogP contribution in [0.25, 0.3) is 11.0 Å². The van der Waals surface area contributed by atoms with Crippen LogP contribution >= 0.6 is 0 Å². The minimum atomic E-state index is 0.156. The van der Waals surface area contributed by atoms with Gasteiger partial charge in [-0.15, -0.1) is 5.10 Å². The van der Waals surface area contributed by atoms with Gasteiger partial charge in [-0.1, -0.05) is 17.3 Å². The minimum Gasteiger partial charge on any atom is -0.300 e. The molecule has 0 spiro atoms. The van der Waals surface area contributed by atoms with E-state index in [0.29, 0.717) is 6.42 Å². The Morgan fingerprint density at radius 3 is 2.81 bits per heavy atom. The van der Waals surface area contributed by atoms with Crippen LogP contribution in [0.15, 0.2) is 18.2 Å². The fourth-order valence-corrected chi connectivity index (χ4v) is 1.84. The highest BCUT2D eigenvalue weighted by Crippen LogP contribution is 2.20. The van der Waals surface area contributed by atoms with Gasteiger partial charge in [0.15, 0.2) is 0 Å². The monoisotopic (exact) mass is 217 g/mol. The van der Waals surface area contributed by atoms with Crippen molar-refractivity contribution in [1.82, 2.24) is 15.0 Å². The Bertz CT molecular complexity index is 528. The van der Waals surface area contributed by atoms with E-state index < -0.39 is 0 Å². The smallest absolute Gasteiger partial charge is 0.134 e. The van der Waals surface area contributed by atoms with Gasteiger partial charge in [-0.3, -0.25) is 4.79 Å². The van der Waals surface area contributed by atoms with E-state index in [1.807, 2.05) is 22.9 Å². The van der Waals surface area contributed by atoms with Crippen molar-refractivity contribution >= 4 is 16.8 Å². The highest BCUT2D eigenvalue weighted by Gasteiger charge is 2.12. The van der Waals surface area contributed by atoms with Gasteiger partial charge in [-0.25, -0.2) is 4.68 Å². The quantitative estimate of drug-likeness (QED) is 0.791. The molecule has 0 radical (unpaired) electrons. The van der Waals surface area contributed by atoms with E-state index in [2.05, 4.69) is 24.2 Å². The van der Waals surface area contributed by atoms with Gasteiger partial charge in [0.05, 0.1) is 5.52 Å². The van der Waals surface area contributed by atoms with Gasteiger partial charge < -0.3 is 0 Å². The number of carbonyl (C=O) groups is 1. The number of para-hydroxylation sites is 1. The average Bonchev–Trinajstić information content (AvgIpc) is 2.61. The molecule has 2 aromatic rings. The lowest BCUT2D eigenvalue weighted by Crippen LogP contribution is -2.06. The number of Topliss-reactive ketones (excluding diaryl/α,β-unsaturated/α-hetero) is 1. The maximum atomic E-state index is 11.2. The zero-order valence-corrected chi connectivity index (χ0v) is 9.77. The number of carbonyl (C=O) groups excluding carboxylic acids is 1. The summed E-state index contributed by atoms with van der Waals surface area (Å²) in [5.41, 5.74) is 2.84. The second kappa shape index (κ2) is 4.04. The Labute approximate surface area is 94.3 Å². The van der Waals surface area contributed by atoms with Crippen molar-refractivity contribution in [3.8, 4) is 0 Å². The Balaban J connectivity index is 2.63. The van der Waals surface area contributed by atoms with Crippen LogP contribution in [0, 0.1) is 0 Å². The summed E-state index contributed by atoms with van der Waals surface area (Å²) in [4.78, 5) is 11.2. The Morgan fingerprint density at radius 2 is 2.19 bits per heavy atom. The summed E-state index contributed by atoms with van der Waals surface area (Å²) in [6.07, 6.45) is 0.442. The Kier molecular flexibility index (Phi) is 2.73. The van der Waals surface area contributed by atoms with Gasteiger partial charge in [0.25, 0.3) is 0 Å². The second-order valence-electron chi connectivity index (χ2n) is 4.29. The number of fused-ring (bicyclic) bond motifs is 1. The van der Waals surface area contributed by atoms with E-state index in [1.54, 1.807) is 6.92 Å². The summed E-state index contributed by atoms with van der Waals surface area (Å²) >= 11 is 0. The van der Waals surface area contributed by atoms with Crippen LogP contribution in [0.5, 0.6) is 0 Å². The fourth-order valence-electron chi connectivity index (χ4n) is 1.84. The lowest BCUT2D eigenvalue weighted by molar-refractivity contribution is -0.116. The Hall–Kier alpha value is -1.71.